The van der Waals surface area contributed by atoms with Gasteiger partial charge in [0.25, 0.3) is 11.8 Å². The van der Waals surface area contributed by atoms with Crippen LogP contribution in [0.3, 0.4) is 0 Å². The number of ketones is 2. The van der Waals surface area contributed by atoms with Crippen LogP contribution < -0.4 is 10.6 Å². The van der Waals surface area contributed by atoms with Gasteiger partial charge in [-0.1, -0.05) is 46.4 Å². The Bertz CT molecular complexity index is 1670. The van der Waals surface area contributed by atoms with Gasteiger partial charge in [0, 0.05) is 10.0 Å². The molecule has 4 aromatic carbocycles. The van der Waals surface area contributed by atoms with Gasteiger partial charge >= 0.3 is 0 Å². The lowest BCUT2D eigenvalue weighted by molar-refractivity contribution is 0.0973. The number of benzene rings is 4. The molecule has 0 fully saturated rings. The van der Waals surface area contributed by atoms with E-state index in [-0.39, 0.29) is 43.7 Å². The minimum atomic E-state index is -0.879. The van der Waals surface area contributed by atoms with E-state index in [1.165, 1.54) is 48.5 Å². The summed E-state index contributed by atoms with van der Waals surface area (Å²) in [6.07, 6.45) is 0. The number of rotatable bonds is 4. The highest BCUT2D eigenvalue weighted by molar-refractivity contribution is 6.39. The predicted molar refractivity (Wildman–Crippen MR) is 152 cm³/mol. The average Bonchev–Trinajstić information content (AvgIpc) is 2.88. The van der Waals surface area contributed by atoms with Crippen molar-refractivity contribution in [2.75, 3.05) is 10.6 Å². The molecule has 0 atom stereocenters. The molecule has 1 aliphatic carbocycles. The third kappa shape index (κ3) is 4.76. The molecule has 0 aromatic heterocycles. The van der Waals surface area contributed by atoms with Crippen LogP contribution >= 0.6 is 46.4 Å². The highest BCUT2D eigenvalue weighted by atomic mass is 35.5. The summed E-state index contributed by atoms with van der Waals surface area (Å²) in [5.74, 6) is -4.30. The monoisotopic (exact) mass is 614 g/mol. The minimum absolute atomic E-state index is 0.0385. The SMILES string of the molecule is O=C(Nc1ccc(O)c2c1C(=O)c1c(O)ccc(NC(=O)c3ccc(Cl)cc3Cl)c1C2=O)c1ccc(Cl)cc1Cl. The molecule has 0 saturated carbocycles. The van der Waals surface area contributed by atoms with Gasteiger partial charge in [-0.05, 0) is 60.7 Å². The van der Waals surface area contributed by atoms with E-state index in [1.807, 2.05) is 0 Å². The highest BCUT2D eigenvalue weighted by Gasteiger charge is 2.38. The third-order valence-electron chi connectivity index (χ3n) is 6.12. The molecule has 0 aliphatic heterocycles. The van der Waals surface area contributed by atoms with Gasteiger partial charge in [-0.3, -0.25) is 19.2 Å². The summed E-state index contributed by atoms with van der Waals surface area (Å²) in [6, 6.07) is 13.1. The topological polar surface area (TPSA) is 133 Å². The largest absolute Gasteiger partial charge is 0.507 e. The number of hydrogen-bond acceptors (Lipinski definition) is 6. The van der Waals surface area contributed by atoms with Crippen LogP contribution in [0.2, 0.25) is 20.1 Å². The highest BCUT2D eigenvalue weighted by Crippen LogP contribution is 2.42. The molecule has 0 bridgehead atoms. The van der Waals surface area contributed by atoms with Crippen LogP contribution in [0.5, 0.6) is 11.5 Å². The van der Waals surface area contributed by atoms with Crippen LogP contribution in [-0.2, 0) is 0 Å². The Kier molecular flexibility index (Phi) is 7.20. The Balaban J connectivity index is 1.58. The lowest BCUT2D eigenvalue weighted by Gasteiger charge is -2.24. The number of nitrogens with one attached hydrogen (secondary N) is 2. The Hall–Kier alpha value is -4.08. The number of phenolic OH excluding ortho intramolecular Hbond substituents is 2. The molecule has 0 heterocycles. The molecule has 1 aliphatic rings. The minimum Gasteiger partial charge on any atom is -0.507 e. The fourth-order valence-electron chi connectivity index (χ4n) is 4.30. The number of carbonyl (C=O) groups is 4. The molecule has 0 saturated heterocycles. The van der Waals surface area contributed by atoms with Crippen molar-refractivity contribution in [3.05, 3.63) is 114 Å². The summed E-state index contributed by atoms with van der Waals surface area (Å²) in [6.45, 7) is 0. The van der Waals surface area contributed by atoms with Crippen LogP contribution in [0.1, 0.15) is 52.6 Å². The van der Waals surface area contributed by atoms with Gasteiger partial charge in [-0.15, -0.1) is 0 Å². The zero-order valence-corrected chi connectivity index (χ0v) is 22.8. The molecule has 0 unspecified atom stereocenters. The lowest BCUT2D eigenvalue weighted by atomic mass is 9.81. The number of hydrogen-bond donors (Lipinski definition) is 4. The molecule has 2 amide bonds. The van der Waals surface area contributed by atoms with Gasteiger partial charge in [0.05, 0.1) is 54.8 Å². The van der Waals surface area contributed by atoms with E-state index in [0.717, 1.165) is 12.1 Å². The zero-order chi connectivity index (χ0) is 28.9. The van der Waals surface area contributed by atoms with E-state index in [1.54, 1.807) is 0 Å². The fourth-order valence-corrected chi connectivity index (χ4v) is 5.29. The molecule has 40 heavy (non-hydrogen) atoms. The third-order valence-corrected chi connectivity index (χ3v) is 7.22. The van der Waals surface area contributed by atoms with Gasteiger partial charge in [-0.2, -0.15) is 0 Å². The molecular weight excluding hydrogens is 602 g/mol. The molecule has 0 spiro atoms. The second-order valence-electron chi connectivity index (χ2n) is 8.58. The Morgan fingerprint density at radius 2 is 0.925 bits per heavy atom. The molecular formula is C28H14Cl4N2O6. The van der Waals surface area contributed by atoms with Gasteiger partial charge in [0.15, 0.2) is 0 Å². The number of phenols is 2. The Morgan fingerprint density at radius 3 is 1.27 bits per heavy atom. The summed E-state index contributed by atoms with van der Waals surface area (Å²) >= 11 is 24.1. The van der Waals surface area contributed by atoms with Crippen molar-refractivity contribution in [1.82, 2.24) is 0 Å². The van der Waals surface area contributed by atoms with Gasteiger partial charge < -0.3 is 20.8 Å². The molecule has 4 aromatic rings. The second kappa shape index (κ2) is 10.5. The summed E-state index contributed by atoms with van der Waals surface area (Å²) in [5, 5.41) is 27.0. The molecule has 8 nitrogen and oxygen atoms in total. The van der Waals surface area contributed by atoms with E-state index >= 15 is 0 Å². The summed E-state index contributed by atoms with van der Waals surface area (Å²) in [7, 11) is 0. The van der Waals surface area contributed by atoms with Crippen molar-refractivity contribution in [3.8, 4) is 11.5 Å². The van der Waals surface area contributed by atoms with Crippen molar-refractivity contribution >= 4 is 81.2 Å². The van der Waals surface area contributed by atoms with Crippen molar-refractivity contribution in [2.45, 2.75) is 0 Å². The molecule has 12 heteroatoms. The van der Waals surface area contributed by atoms with Crippen LogP contribution in [0.4, 0.5) is 11.4 Å². The summed E-state index contributed by atoms with van der Waals surface area (Å²) in [4.78, 5) is 53.3. The van der Waals surface area contributed by atoms with Crippen LogP contribution in [0.15, 0.2) is 60.7 Å². The van der Waals surface area contributed by atoms with Gasteiger partial charge in [0.1, 0.15) is 11.5 Å². The maximum Gasteiger partial charge on any atom is 0.257 e. The smallest absolute Gasteiger partial charge is 0.257 e. The average molecular weight is 616 g/mol. The van der Waals surface area contributed by atoms with Gasteiger partial charge in [0.2, 0.25) is 11.6 Å². The standard InChI is InChI=1S/C28H14Cl4N2O6/c29-11-1-3-13(15(31)9-11)27(39)33-17-5-7-19(35)23-21(17)25(37)24-20(36)8-6-18(22(24)26(23)38)34-28(40)14-4-2-12(30)10-16(14)32/h1-10,35-36H,(H,33,39)(H,34,40). The van der Waals surface area contributed by atoms with Crippen LogP contribution in [-0.4, -0.2) is 33.6 Å². The molecule has 5 rings (SSSR count). The van der Waals surface area contributed by atoms with E-state index < -0.39 is 46.0 Å². The van der Waals surface area contributed by atoms with E-state index in [0.29, 0.717) is 10.0 Å². The number of halogens is 4. The van der Waals surface area contributed by atoms with Crippen molar-refractivity contribution in [2.24, 2.45) is 0 Å². The Labute approximate surface area is 246 Å². The fraction of sp³-hybridized carbons (Fsp3) is 0. The van der Waals surface area contributed by atoms with Gasteiger partial charge in [-0.25, -0.2) is 0 Å². The second-order valence-corrected chi connectivity index (χ2v) is 10.3. The van der Waals surface area contributed by atoms with Crippen molar-refractivity contribution in [3.63, 3.8) is 0 Å². The first kappa shape index (κ1) is 27.5. The van der Waals surface area contributed by atoms with E-state index in [4.69, 9.17) is 46.4 Å². The number of carbonyl (C=O) groups excluding carboxylic acids is 4. The number of amides is 2. The van der Waals surface area contributed by atoms with E-state index in [2.05, 4.69) is 10.6 Å². The van der Waals surface area contributed by atoms with Crippen molar-refractivity contribution in [1.29, 1.82) is 0 Å². The summed E-state index contributed by atoms with van der Waals surface area (Å²) in [5.41, 5.74) is -1.71. The summed E-state index contributed by atoms with van der Waals surface area (Å²) < 4.78 is 0. The van der Waals surface area contributed by atoms with E-state index in [9.17, 15) is 29.4 Å². The first-order chi connectivity index (χ1) is 19.0. The maximum atomic E-state index is 13.7. The zero-order valence-electron chi connectivity index (χ0n) is 19.8. The molecule has 0 radical (unpaired) electrons. The quantitative estimate of drug-likeness (QED) is 0.161. The number of anilines is 2. The Morgan fingerprint density at radius 1 is 0.550 bits per heavy atom. The lowest BCUT2D eigenvalue weighted by Crippen LogP contribution is -2.26. The van der Waals surface area contributed by atoms with Crippen molar-refractivity contribution < 1.29 is 29.4 Å². The first-order valence-corrected chi connectivity index (χ1v) is 12.8. The molecule has 200 valence electrons. The van der Waals surface area contributed by atoms with Crippen LogP contribution in [0, 0.1) is 0 Å². The van der Waals surface area contributed by atoms with Crippen LogP contribution in [0.25, 0.3) is 0 Å². The maximum absolute atomic E-state index is 13.7. The predicted octanol–water partition coefficient (Wildman–Crippen LogP) is 6.99. The molecule has 4 N–H and O–H groups in total. The number of fused-ring (bicyclic) bond motifs is 2. The normalized spacial score (nSPS) is 12.0. The number of aromatic hydroxyl groups is 2. The first-order valence-electron chi connectivity index (χ1n) is 11.3.